The lowest BCUT2D eigenvalue weighted by molar-refractivity contribution is -0.137. The van der Waals surface area contributed by atoms with Crippen molar-refractivity contribution in [2.24, 2.45) is 0 Å². The van der Waals surface area contributed by atoms with Crippen molar-refractivity contribution < 1.29 is 13.2 Å². The number of rotatable bonds is 2. The van der Waals surface area contributed by atoms with Gasteiger partial charge in [-0.3, -0.25) is 0 Å². The van der Waals surface area contributed by atoms with E-state index in [0.717, 1.165) is 57.2 Å². The minimum absolute atomic E-state index is 0.320. The molecule has 23 heavy (non-hydrogen) atoms. The summed E-state index contributed by atoms with van der Waals surface area (Å²) in [5.41, 5.74) is 1.71. The highest BCUT2D eigenvalue weighted by Gasteiger charge is 2.33. The van der Waals surface area contributed by atoms with Crippen LogP contribution in [0.1, 0.15) is 73.5 Å². The number of halogens is 3. The van der Waals surface area contributed by atoms with E-state index >= 15 is 0 Å². The van der Waals surface area contributed by atoms with E-state index in [1.807, 2.05) is 0 Å². The Bertz CT molecular complexity index is 524. The Hall–Kier alpha value is -1.03. The summed E-state index contributed by atoms with van der Waals surface area (Å²) in [6.07, 6.45) is 3.47. The summed E-state index contributed by atoms with van der Waals surface area (Å²) in [6, 6.07) is 4.53. The quantitative estimate of drug-likeness (QED) is 0.688. The largest absolute Gasteiger partial charge is 0.416 e. The van der Waals surface area contributed by atoms with Crippen molar-refractivity contribution >= 4 is 0 Å². The van der Waals surface area contributed by atoms with E-state index < -0.39 is 11.7 Å². The molecule has 1 aliphatic heterocycles. The third kappa shape index (κ3) is 3.90. The van der Waals surface area contributed by atoms with Gasteiger partial charge in [-0.25, -0.2) is 0 Å². The smallest absolute Gasteiger partial charge is 0.306 e. The van der Waals surface area contributed by atoms with Gasteiger partial charge in [-0.2, -0.15) is 13.2 Å². The first-order valence-electron chi connectivity index (χ1n) is 8.84. The zero-order valence-electron chi connectivity index (χ0n) is 13.8. The third-order valence-electron chi connectivity index (χ3n) is 5.62. The standard InChI is InChI=1S/C19H26F3N/c1-23-11-9-15(10-12-23)17-8-7-16(19(20,21)22)13-18(17)14-5-3-2-4-6-14/h7-8,13-15H,2-6,9-12H2,1H3. The van der Waals surface area contributed by atoms with Crippen molar-refractivity contribution in [1.82, 2.24) is 4.90 Å². The third-order valence-corrected chi connectivity index (χ3v) is 5.62. The fourth-order valence-corrected chi connectivity index (χ4v) is 4.21. The first-order chi connectivity index (χ1) is 10.9. The van der Waals surface area contributed by atoms with E-state index in [1.165, 1.54) is 24.1 Å². The van der Waals surface area contributed by atoms with Crippen molar-refractivity contribution in [1.29, 1.82) is 0 Å². The van der Waals surface area contributed by atoms with Gasteiger partial charge in [-0.15, -0.1) is 0 Å². The Labute approximate surface area is 136 Å². The summed E-state index contributed by atoms with van der Waals surface area (Å²) in [5.74, 6) is 0.742. The molecule has 0 bridgehead atoms. The SMILES string of the molecule is CN1CCC(c2ccc(C(F)(F)F)cc2C2CCCCC2)CC1. The number of hydrogen-bond acceptors (Lipinski definition) is 1. The van der Waals surface area contributed by atoms with Crippen molar-refractivity contribution in [2.75, 3.05) is 20.1 Å². The molecule has 0 radical (unpaired) electrons. The molecular weight excluding hydrogens is 299 g/mol. The molecule has 0 spiro atoms. The van der Waals surface area contributed by atoms with Crippen LogP contribution < -0.4 is 0 Å². The van der Waals surface area contributed by atoms with E-state index in [-0.39, 0.29) is 0 Å². The minimum Gasteiger partial charge on any atom is -0.306 e. The van der Waals surface area contributed by atoms with Gasteiger partial charge in [0.05, 0.1) is 5.56 Å². The molecule has 0 atom stereocenters. The van der Waals surface area contributed by atoms with Gasteiger partial charge in [-0.1, -0.05) is 25.3 Å². The Morgan fingerprint density at radius 2 is 1.48 bits per heavy atom. The van der Waals surface area contributed by atoms with Crippen LogP contribution in [0.25, 0.3) is 0 Å². The normalized spacial score (nSPS) is 22.4. The molecule has 4 heteroatoms. The first kappa shape index (κ1) is 16.8. The van der Waals surface area contributed by atoms with Crippen LogP contribution >= 0.6 is 0 Å². The molecule has 3 rings (SSSR count). The Morgan fingerprint density at radius 1 is 0.870 bits per heavy atom. The van der Waals surface area contributed by atoms with Gasteiger partial charge in [-0.05, 0) is 80.9 Å². The number of nitrogens with zero attached hydrogens (tertiary/aromatic N) is 1. The first-order valence-corrected chi connectivity index (χ1v) is 8.84. The average molecular weight is 325 g/mol. The maximum Gasteiger partial charge on any atom is 0.416 e. The maximum atomic E-state index is 13.2. The van der Waals surface area contributed by atoms with Gasteiger partial charge >= 0.3 is 6.18 Å². The molecule has 2 fully saturated rings. The molecule has 0 aromatic heterocycles. The zero-order valence-corrected chi connectivity index (χ0v) is 13.8. The number of likely N-dealkylation sites (tertiary alicyclic amines) is 1. The highest BCUT2D eigenvalue weighted by atomic mass is 19.4. The number of alkyl halides is 3. The molecule has 1 aromatic carbocycles. The lowest BCUT2D eigenvalue weighted by Crippen LogP contribution is -2.29. The predicted octanol–water partition coefficient (Wildman–Crippen LogP) is 5.56. The molecule has 128 valence electrons. The van der Waals surface area contributed by atoms with Gasteiger partial charge in [0.25, 0.3) is 0 Å². The molecule has 1 nitrogen and oxygen atoms in total. The molecule has 0 N–H and O–H groups in total. The second-order valence-corrected chi connectivity index (χ2v) is 7.25. The summed E-state index contributed by atoms with van der Waals surface area (Å²) < 4.78 is 39.5. The lowest BCUT2D eigenvalue weighted by Gasteiger charge is -2.33. The van der Waals surface area contributed by atoms with Gasteiger partial charge in [0.15, 0.2) is 0 Å². The van der Waals surface area contributed by atoms with Crippen molar-refractivity contribution in [3.63, 3.8) is 0 Å². The molecule has 1 heterocycles. The Morgan fingerprint density at radius 3 is 2.09 bits per heavy atom. The summed E-state index contributed by atoms with van der Waals surface area (Å²) in [7, 11) is 2.12. The van der Waals surface area contributed by atoms with Crippen LogP contribution in [-0.4, -0.2) is 25.0 Å². The van der Waals surface area contributed by atoms with E-state index in [0.29, 0.717) is 11.8 Å². The van der Waals surface area contributed by atoms with E-state index in [9.17, 15) is 13.2 Å². The Balaban J connectivity index is 1.93. The van der Waals surface area contributed by atoms with Crippen LogP contribution in [0.4, 0.5) is 13.2 Å². The maximum absolute atomic E-state index is 13.2. The second kappa shape index (κ2) is 6.84. The lowest BCUT2D eigenvalue weighted by atomic mass is 9.77. The van der Waals surface area contributed by atoms with Gasteiger partial charge in [0.1, 0.15) is 0 Å². The van der Waals surface area contributed by atoms with Crippen LogP contribution in [0.2, 0.25) is 0 Å². The van der Waals surface area contributed by atoms with Gasteiger partial charge in [0, 0.05) is 0 Å². The molecule has 1 aromatic rings. The number of benzene rings is 1. The van der Waals surface area contributed by atoms with Gasteiger partial charge < -0.3 is 4.90 Å². The number of piperidine rings is 1. The van der Waals surface area contributed by atoms with E-state index in [4.69, 9.17) is 0 Å². The van der Waals surface area contributed by atoms with Crippen molar-refractivity contribution in [3.05, 3.63) is 34.9 Å². The summed E-state index contributed by atoms with van der Waals surface area (Å²) in [4.78, 5) is 2.31. The van der Waals surface area contributed by atoms with Crippen LogP contribution in [-0.2, 0) is 6.18 Å². The fourth-order valence-electron chi connectivity index (χ4n) is 4.21. The summed E-state index contributed by atoms with van der Waals surface area (Å²) >= 11 is 0. The zero-order chi connectivity index (χ0) is 16.4. The molecule has 1 aliphatic carbocycles. The monoisotopic (exact) mass is 325 g/mol. The van der Waals surface area contributed by atoms with Crippen LogP contribution in [0.15, 0.2) is 18.2 Å². The molecule has 1 saturated carbocycles. The van der Waals surface area contributed by atoms with E-state index in [2.05, 4.69) is 11.9 Å². The summed E-state index contributed by atoms with van der Waals surface area (Å²) in [5, 5.41) is 0. The highest BCUT2D eigenvalue weighted by molar-refractivity contribution is 5.39. The van der Waals surface area contributed by atoms with Crippen LogP contribution in [0.5, 0.6) is 0 Å². The van der Waals surface area contributed by atoms with Crippen molar-refractivity contribution in [3.8, 4) is 0 Å². The van der Waals surface area contributed by atoms with Crippen LogP contribution in [0.3, 0.4) is 0 Å². The molecular formula is C19H26F3N. The average Bonchev–Trinajstić information content (AvgIpc) is 2.55. The minimum atomic E-state index is -4.24. The molecule has 0 amide bonds. The Kier molecular flexibility index (Phi) is 5.00. The molecule has 1 saturated heterocycles. The number of hydrogen-bond donors (Lipinski definition) is 0. The van der Waals surface area contributed by atoms with Crippen molar-refractivity contribution in [2.45, 2.75) is 63.0 Å². The molecule has 0 unspecified atom stereocenters. The van der Waals surface area contributed by atoms with E-state index in [1.54, 1.807) is 6.07 Å². The summed E-state index contributed by atoms with van der Waals surface area (Å²) in [6.45, 7) is 2.07. The second-order valence-electron chi connectivity index (χ2n) is 7.25. The van der Waals surface area contributed by atoms with Crippen LogP contribution in [0, 0.1) is 0 Å². The van der Waals surface area contributed by atoms with Gasteiger partial charge in [0.2, 0.25) is 0 Å². The highest BCUT2D eigenvalue weighted by Crippen LogP contribution is 2.42. The predicted molar refractivity (Wildman–Crippen MR) is 86.7 cm³/mol. The topological polar surface area (TPSA) is 3.24 Å². The fraction of sp³-hybridized carbons (Fsp3) is 0.684. The molecule has 2 aliphatic rings.